The van der Waals surface area contributed by atoms with Gasteiger partial charge in [-0.1, -0.05) is 12.1 Å². The van der Waals surface area contributed by atoms with Gasteiger partial charge < -0.3 is 15.3 Å². The van der Waals surface area contributed by atoms with Crippen molar-refractivity contribution < 1.29 is 5.11 Å². The zero-order valence-electron chi connectivity index (χ0n) is 12.8. The molecule has 0 radical (unpaired) electrons. The van der Waals surface area contributed by atoms with E-state index in [1.54, 1.807) is 0 Å². The van der Waals surface area contributed by atoms with Gasteiger partial charge >= 0.3 is 0 Å². The van der Waals surface area contributed by atoms with Gasteiger partial charge in [0.2, 0.25) is 0 Å². The molecule has 1 saturated heterocycles. The molecule has 1 aromatic rings. The van der Waals surface area contributed by atoms with Crippen molar-refractivity contribution in [1.82, 2.24) is 10.2 Å². The number of nitrogens with one attached hydrogen (secondary N) is 1. The van der Waals surface area contributed by atoms with E-state index in [4.69, 9.17) is 5.26 Å². The normalized spacial score (nSPS) is 18.3. The van der Waals surface area contributed by atoms with E-state index < -0.39 is 0 Å². The van der Waals surface area contributed by atoms with E-state index in [2.05, 4.69) is 22.4 Å². The second kappa shape index (κ2) is 8.14. The van der Waals surface area contributed by atoms with Crippen LogP contribution in [0.5, 0.6) is 0 Å². The zero-order chi connectivity index (χ0) is 15.1. The van der Waals surface area contributed by atoms with Gasteiger partial charge in [0.1, 0.15) is 0 Å². The number of benzene rings is 1. The minimum atomic E-state index is -0.230. The number of aliphatic hydroxyl groups is 1. The lowest BCUT2D eigenvalue weighted by atomic mass is 9.96. The molecule has 0 spiro atoms. The molecule has 21 heavy (non-hydrogen) atoms. The Kier molecular flexibility index (Phi) is 6.19. The molecule has 1 fully saturated rings. The minimum Gasteiger partial charge on any atom is -0.392 e. The van der Waals surface area contributed by atoms with E-state index in [9.17, 15) is 5.11 Å². The van der Waals surface area contributed by atoms with Crippen LogP contribution < -0.4 is 5.32 Å². The van der Waals surface area contributed by atoms with Gasteiger partial charge in [0.05, 0.1) is 17.7 Å². The summed E-state index contributed by atoms with van der Waals surface area (Å²) in [4.78, 5) is 2.34. The van der Waals surface area contributed by atoms with Crippen molar-refractivity contribution in [3.63, 3.8) is 0 Å². The van der Waals surface area contributed by atoms with Crippen LogP contribution in [-0.4, -0.2) is 42.3 Å². The van der Waals surface area contributed by atoms with Crippen LogP contribution in [0.1, 0.15) is 30.9 Å². The van der Waals surface area contributed by atoms with Crippen LogP contribution in [0.2, 0.25) is 0 Å². The first-order chi connectivity index (χ1) is 10.2. The van der Waals surface area contributed by atoms with Gasteiger partial charge in [0.15, 0.2) is 0 Å². The molecule has 0 aromatic heterocycles. The molecule has 2 N–H and O–H groups in total. The van der Waals surface area contributed by atoms with E-state index in [-0.39, 0.29) is 6.10 Å². The summed E-state index contributed by atoms with van der Waals surface area (Å²) in [6.45, 7) is 6.66. The van der Waals surface area contributed by atoms with Crippen LogP contribution in [-0.2, 0) is 6.54 Å². The highest BCUT2D eigenvalue weighted by molar-refractivity contribution is 5.32. The third-order valence-electron chi connectivity index (χ3n) is 4.05. The summed E-state index contributed by atoms with van der Waals surface area (Å²) in [7, 11) is 0. The molecule has 2 rings (SSSR count). The molecule has 114 valence electrons. The molecule has 0 bridgehead atoms. The van der Waals surface area contributed by atoms with Crippen LogP contribution >= 0.6 is 0 Å². The molecule has 4 nitrogen and oxygen atoms in total. The average Bonchev–Trinajstić information content (AvgIpc) is 2.49. The Bertz CT molecular complexity index is 473. The highest BCUT2D eigenvalue weighted by atomic mass is 16.3. The van der Waals surface area contributed by atoms with Crippen LogP contribution in [0.4, 0.5) is 0 Å². The molecule has 0 aliphatic carbocycles. The fourth-order valence-electron chi connectivity index (χ4n) is 2.92. The Labute approximate surface area is 127 Å². The molecule has 1 atom stereocenters. The van der Waals surface area contributed by atoms with Crippen molar-refractivity contribution in [1.29, 1.82) is 5.26 Å². The van der Waals surface area contributed by atoms with E-state index in [0.29, 0.717) is 0 Å². The first-order valence-electron chi connectivity index (χ1n) is 7.77. The summed E-state index contributed by atoms with van der Waals surface area (Å²) in [6.07, 6.45) is 2.16. The number of β-amino-alcohol motifs (C(OH)–C–C–N with tert-alkyl or cyclic N) is 1. The first-order valence-corrected chi connectivity index (χ1v) is 7.77. The lowest BCUT2D eigenvalue weighted by molar-refractivity contribution is 0.0998. The van der Waals surface area contributed by atoms with Crippen LogP contribution in [0.25, 0.3) is 0 Å². The summed E-state index contributed by atoms with van der Waals surface area (Å²) in [6, 6.07) is 9.94. The number of likely N-dealkylation sites (tertiary alicyclic amines) is 1. The summed E-state index contributed by atoms with van der Waals surface area (Å²) in [5, 5.41) is 21.8. The second-order valence-corrected chi connectivity index (χ2v) is 6.04. The highest BCUT2D eigenvalue weighted by Gasteiger charge is 2.19. The fourth-order valence-corrected chi connectivity index (χ4v) is 2.92. The topological polar surface area (TPSA) is 59.3 Å². The molecule has 4 heteroatoms. The lowest BCUT2D eigenvalue weighted by Gasteiger charge is -2.32. The molecule has 0 saturated carbocycles. The van der Waals surface area contributed by atoms with Gasteiger partial charge in [-0.15, -0.1) is 0 Å². The Balaban J connectivity index is 1.67. The monoisotopic (exact) mass is 287 g/mol. The van der Waals surface area contributed by atoms with Gasteiger partial charge in [-0.05, 0) is 63.0 Å². The smallest absolute Gasteiger partial charge is 0.0991 e. The van der Waals surface area contributed by atoms with Gasteiger partial charge in [-0.3, -0.25) is 0 Å². The largest absolute Gasteiger partial charge is 0.392 e. The predicted molar refractivity (Wildman–Crippen MR) is 83.7 cm³/mol. The average molecular weight is 287 g/mol. The van der Waals surface area contributed by atoms with Gasteiger partial charge in [0.25, 0.3) is 0 Å². The molecule has 1 heterocycles. The van der Waals surface area contributed by atoms with E-state index in [0.717, 1.165) is 44.2 Å². The molecule has 1 aliphatic heterocycles. The summed E-state index contributed by atoms with van der Waals surface area (Å²) < 4.78 is 0. The molecular formula is C17H25N3O. The van der Waals surface area contributed by atoms with Crippen molar-refractivity contribution in [2.45, 2.75) is 32.4 Å². The van der Waals surface area contributed by atoms with Gasteiger partial charge in [-0.2, -0.15) is 5.26 Å². The van der Waals surface area contributed by atoms with E-state index >= 15 is 0 Å². The Morgan fingerprint density at radius 1 is 1.43 bits per heavy atom. The Morgan fingerprint density at radius 2 is 2.19 bits per heavy atom. The Hall–Kier alpha value is -1.41. The van der Waals surface area contributed by atoms with Crippen molar-refractivity contribution in [2.75, 3.05) is 26.2 Å². The predicted octanol–water partition coefficient (Wildman–Crippen LogP) is 1.74. The summed E-state index contributed by atoms with van der Waals surface area (Å²) >= 11 is 0. The molecule has 1 unspecified atom stereocenters. The van der Waals surface area contributed by atoms with E-state index in [1.165, 1.54) is 18.4 Å². The maximum Gasteiger partial charge on any atom is 0.0991 e. The number of hydrogen-bond donors (Lipinski definition) is 2. The summed E-state index contributed by atoms with van der Waals surface area (Å²) in [5.74, 6) is 0.717. The van der Waals surface area contributed by atoms with Crippen LogP contribution in [0, 0.1) is 17.2 Å². The number of aliphatic hydroxyl groups excluding tert-OH is 1. The third kappa shape index (κ3) is 5.47. The van der Waals surface area contributed by atoms with Gasteiger partial charge in [-0.25, -0.2) is 0 Å². The highest BCUT2D eigenvalue weighted by Crippen LogP contribution is 2.16. The van der Waals surface area contributed by atoms with Crippen molar-refractivity contribution in [3.8, 4) is 6.07 Å². The number of hydrogen-bond acceptors (Lipinski definition) is 4. The lowest BCUT2D eigenvalue weighted by Crippen LogP contribution is -2.40. The van der Waals surface area contributed by atoms with E-state index in [1.807, 2.05) is 25.1 Å². The van der Waals surface area contributed by atoms with Crippen molar-refractivity contribution >= 4 is 0 Å². The van der Waals surface area contributed by atoms with Crippen LogP contribution in [0.3, 0.4) is 0 Å². The van der Waals surface area contributed by atoms with Gasteiger partial charge in [0, 0.05) is 13.1 Å². The quantitative estimate of drug-likeness (QED) is 0.837. The molecule has 1 aromatic carbocycles. The fraction of sp³-hybridized carbons (Fsp3) is 0.588. The SMILES string of the molecule is CC(O)CN1CCC(CNCc2cccc(C#N)c2)CC1. The minimum absolute atomic E-state index is 0.230. The van der Waals surface area contributed by atoms with Crippen molar-refractivity contribution in [3.05, 3.63) is 35.4 Å². The maximum absolute atomic E-state index is 9.40. The molecule has 0 amide bonds. The maximum atomic E-state index is 9.40. The molecule has 1 aliphatic rings. The second-order valence-electron chi connectivity index (χ2n) is 6.04. The van der Waals surface area contributed by atoms with Crippen molar-refractivity contribution in [2.24, 2.45) is 5.92 Å². The number of nitriles is 1. The number of nitrogens with zero attached hydrogens (tertiary/aromatic N) is 2. The zero-order valence-corrected chi connectivity index (χ0v) is 12.8. The summed E-state index contributed by atoms with van der Waals surface area (Å²) in [5.41, 5.74) is 1.89. The molecular weight excluding hydrogens is 262 g/mol. The third-order valence-corrected chi connectivity index (χ3v) is 4.05. The number of rotatable bonds is 6. The first kappa shape index (κ1) is 16.0. The Morgan fingerprint density at radius 3 is 2.86 bits per heavy atom. The van der Waals surface area contributed by atoms with Crippen LogP contribution in [0.15, 0.2) is 24.3 Å². The number of piperidine rings is 1. The standard InChI is InChI=1S/C17H25N3O/c1-14(21)13-20-7-5-15(6-8-20)11-19-12-17-4-2-3-16(9-17)10-18/h2-4,9,14-15,19,21H,5-8,11-13H2,1H3.